The molecule has 4 atom stereocenters. The number of aromatic nitrogens is 2. The van der Waals surface area contributed by atoms with Crippen molar-refractivity contribution in [3.05, 3.63) is 90.0 Å². The summed E-state index contributed by atoms with van der Waals surface area (Å²) in [5, 5.41) is 5.81. The average Bonchev–Trinajstić information content (AvgIpc) is 3.64. The second-order valence-electron chi connectivity index (χ2n) is 11.5. The van der Waals surface area contributed by atoms with E-state index in [4.69, 9.17) is 4.98 Å². The van der Waals surface area contributed by atoms with Crippen molar-refractivity contribution in [3.8, 4) is 11.1 Å². The van der Waals surface area contributed by atoms with Crippen LogP contribution in [-0.2, 0) is 20.8 Å². The molecule has 5 rings (SSSR count). The highest BCUT2D eigenvalue weighted by Crippen LogP contribution is 2.37. The topological polar surface area (TPSA) is 110 Å². The second kappa shape index (κ2) is 13.4. The van der Waals surface area contributed by atoms with Gasteiger partial charge in [-0.15, -0.1) is 0 Å². The Balaban J connectivity index is 1.42. The highest BCUT2D eigenvalue weighted by Gasteiger charge is 2.41. The monoisotopic (exact) mass is 598 g/mol. The van der Waals surface area contributed by atoms with E-state index in [0.29, 0.717) is 12.2 Å². The highest BCUT2D eigenvalue weighted by molar-refractivity contribution is 5.93. The fraction of sp³-hybridized carbons (Fsp3) is 0.353. The summed E-state index contributed by atoms with van der Waals surface area (Å²) in [5.74, 6) is -0.409. The number of fused-ring (bicyclic) bond motifs is 1. The van der Waals surface area contributed by atoms with Gasteiger partial charge in [0.1, 0.15) is 17.7 Å². The van der Waals surface area contributed by atoms with Crippen molar-refractivity contribution < 1.29 is 18.8 Å². The first-order chi connectivity index (χ1) is 21.2. The third-order valence-electron chi connectivity index (χ3n) is 8.45. The van der Waals surface area contributed by atoms with Gasteiger partial charge in [-0.3, -0.25) is 14.4 Å². The summed E-state index contributed by atoms with van der Waals surface area (Å²) in [7, 11) is 3.33. The lowest BCUT2D eigenvalue weighted by Gasteiger charge is -2.33. The molecule has 1 unspecified atom stereocenters. The van der Waals surface area contributed by atoms with E-state index in [1.165, 1.54) is 17.0 Å². The maximum atomic E-state index is 14.3. The summed E-state index contributed by atoms with van der Waals surface area (Å²) in [6.07, 6.45) is 1.64. The van der Waals surface area contributed by atoms with Gasteiger partial charge in [0.05, 0.1) is 29.5 Å². The number of benzene rings is 3. The molecule has 1 aromatic heterocycles. The molecule has 0 radical (unpaired) electrons. The third-order valence-corrected chi connectivity index (χ3v) is 8.45. The Morgan fingerprint density at radius 3 is 2.48 bits per heavy atom. The molecule has 0 bridgehead atoms. The molecule has 4 aromatic rings. The van der Waals surface area contributed by atoms with E-state index < -0.39 is 12.1 Å². The number of carbonyl (C=O) groups is 3. The molecule has 3 N–H and O–H groups in total. The predicted molar refractivity (Wildman–Crippen MR) is 168 cm³/mol. The maximum absolute atomic E-state index is 14.3. The largest absolute Gasteiger partial charge is 0.343 e. The van der Waals surface area contributed by atoms with Gasteiger partial charge in [-0.1, -0.05) is 54.6 Å². The van der Waals surface area contributed by atoms with Gasteiger partial charge in [0, 0.05) is 25.2 Å². The summed E-state index contributed by atoms with van der Waals surface area (Å²) in [4.78, 5) is 52.1. The molecule has 44 heavy (non-hydrogen) atoms. The molecule has 1 aliphatic heterocycles. The van der Waals surface area contributed by atoms with E-state index >= 15 is 0 Å². The molecule has 0 aliphatic carbocycles. The third kappa shape index (κ3) is 6.65. The number of likely N-dealkylation sites (tertiary alicyclic amines) is 1. The van der Waals surface area contributed by atoms with Gasteiger partial charge in [0.2, 0.25) is 17.7 Å². The summed E-state index contributed by atoms with van der Waals surface area (Å²) in [6.45, 7) is 3.73. The van der Waals surface area contributed by atoms with E-state index in [1.807, 2.05) is 55.5 Å². The number of hydrogen-bond donors (Lipinski definition) is 3. The number of likely N-dealkylation sites (N-methyl/N-ethyl adjacent to an activating group) is 2. The minimum atomic E-state index is -0.953. The van der Waals surface area contributed by atoms with Crippen LogP contribution in [0.15, 0.2) is 72.8 Å². The molecule has 0 saturated carbocycles. The SMILES string of the molecule is CN[C@@H](C)C(=O)N[C@@H](CN(C)C(=O)Cc1ccccc1)C(=O)N1C(C)CC[C@H]1c1nc2c(-c3ccc(F)cc3)cccc2[nH]1. The molecule has 2 heterocycles. The van der Waals surface area contributed by atoms with Crippen molar-refractivity contribution >= 4 is 28.8 Å². The van der Waals surface area contributed by atoms with Crippen molar-refractivity contribution in [1.82, 2.24) is 30.4 Å². The number of carbonyl (C=O) groups excluding carboxylic acids is 3. The number of nitrogens with zero attached hydrogens (tertiary/aromatic N) is 3. The number of nitrogens with one attached hydrogen (secondary N) is 3. The Kier molecular flexibility index (Phi) is 9.39. The Hall–Kier alpha value is -4.57. The Morgan fingerprint density at radius 1 is 1.05 bits per heavy atom. The molecule has 230 valence electrons. The first-order valence-electron chi connectivity index (χ1n) is 15.0. The number of amides is 3. The van der Waals surface area contributed by atoms with Crippen LogP contribution < -0.4 is 10.6 Å². The number of para-hydroxylation sites is 1. The van der Waals surface area contributed by atoms with Gasteiger partial charge in [-0.2, -0.15) is 0 Å². The molecule has 0 spiro atoms. The zero-order chi connectivity index (χ0) is 31.4. The van der Waals surface area contributed by atoms with Crippen molar-refractivity contribution in [2.75, 3.05) is 20.6 Å². The van der Waals surface area contributed by atoms with E-state index in [1.54, 1.807) is 38.1 Å². The van der Waals surface area contributed by atoms with Crippen LogP contribution in [0.2, 0.25) is 0 Å². The van der Waals surface area contributed by atoms with Crippen LogP contribution in [0.3, 0.4) is 0 Å². The Labute approximate surface area is 256 Å². The molecule has 1 aliphatic rings. The zero-order valence-electron chi connectivity index (χ0n) is 25.5. The minimum Gasteiger partial charge on any atom is -0.343 e. The van der Waals surface area contributed by atoms with Crippen LogP contribution in [-0.4, -0.2) is 76.3 Å². The number of aromatic amines is 1. The minimum absolute atomic E-state index is 0.0253. The number of hydrogen-bond acceptors (Lipinski definition) is 5. The average molecular weight is 599 g/mol. The molecule has 1 saturated heterocycles. The number of H-pyrrole nitrogens is 1. The van der Waals surface area contributed by atoms with Gasteiger partial charge in [0.15, 0.2) is 0 Å². The van der Waals surface area contributed by atoms with Crippen molar-refractivity contribution in [1.29, 1.82) is 0 Å². The smallest absolute Gasteiger partial charge is 0.247 e. The summed E-state index contributed by atoms with van der Waals surface area (Å²) in [5.41, 5.74) is 4.12. The van der Waals surface area contributed by atoms with E-state index in [9.17, 15) is 18.8 Å². The zero-order valence-corrected chi connectivity index (χ0v) is 25.5. The molecule has 3 aromatic carbocycles. The van der Waals surface area contributed by atoms with Crippen LogP contribution in [0.5, 0.6) is 0 Å². The fourth-order valence-electron chi connectivity index (χ4n) is 5.77. The van der Waals surface area contributed by atoms with E-state index in [2.05, 4.69) is 15.6 Å². The summed E-state index contributed by atoms with van der Waals surface area (Å²) in [6, 6.07) is 19.6. The Morgan fingerprint density at radius 2 is 1.77 bits per heavy atom. The molecular formula is C34H39FN6O3. The van der Waals surface area contributed by atoms with Crippen LogP contribution >= 0.6 is 0 Å². The number of rotatable bonds is 10. The first-order valence-corrected chi connectivity index (χ1v) is 15.0. The summed E-state index contributed by atoms with van der Waals surface area (Å²) < 4.78 is 13.6. The van der Waals surface area contributed by atoms with Gasteiger partial charge in [0.25, 0.3) is 0 Å². The Bertz CT molecular complexity index is 1620. The standard InChI is InChI=1S/C34H39FN6O3/c1-21-13-18-29(32-37-27-12-8-11-26(31(27)39-32)24-14-16-25(35)17-15-24)41(21)34(44)28(38-33(43)22(2)36-3)20-40(4)30(42)19-23-9-6-5-7-10-23/h5-12,14-17,21-22,28-29,36H,13,18-20H2,1-4H3,(H,37,39)(H,38,43)/t21?,22-,28-,29-/m0/s1. The molecular weight excluding hydrogens is 559 g/mol. The van der Waals surface area contributed by atoms with Crippen LogP contribution in [0.4, 0.5) is 4.39 Å². The molecule has 3 amide bonds. The van der Waals surface area contributed by atoms with E-state index in [0.717, 1.165) is 34.1 Å². The molecule has 9 nitrogen and oxygen atoms in total. The lowest BCUT2D eigenvalue weighted by atomic mass is 10.0. The van der Waals surface area contributed by atoms with Crippen molar-refractivity contribution in [2.45, 2.75) is 57.3 Å². The van der Waals surface area contributed by atoms with Crippen LogP contribution in [0.1, 0.15) is 44.1 Å². The normalized spacial score (nSPS) is 17.8. The lowest BCUT2D eigenvalue weighted by molar-refractivity contribution is -0.141. The second-order valence-corrected chi connectivity index (χ2v) is 11.5. The van der Waals surface area contributed by atoms with Crippen molar-refractivity contribution in [2.24, 2.45) is 0 Å². The fourth-order valence-corrected chi connectivity index (χ4v) is 5.77. The van der Waals surface area contributed by atoms with Gasteiger partial charge in [-0.05, 0) is 63.1 Å². The predicted octanol–water partition coefficient (Wildman–Crippen LogP) is 4.21. The quantitative estimate of drug-likeness (QED) is 0.253. The van der Waals surface area contributed by atoms with Gasteiger partial charge < -0.3 is 25.4 Å². The van der Waals surface area contributed by atoms with Gasteiger partial charge in [-0.25, -0.2) is 9.37 Å². The number of imidazole rings is 1. The number of halogens is 1. The van der Waals surface area contributed by atoms with E-state index in [-0.39, 0.29) is 48.6 Å². The molecule has 10 heteroatoms. The van der Waals surface area contributed by atoms with Crippen LogP contribution in [0.25, 0.3) is 22.2 Å². The van der Waals surface area contributed by atoms with Crippen molar-refractivity contribution in [3.63, 3.8) is 0 Å². The molecule has 1 fully saturated rings. The highest BCUT2D eigenvalue weighted by atomic mass is 19.1. The summed E-state index contributed by atoms with van der Waals surface area (Å²) >= 11 is 0. The lowest BCUT2D eigenvalue weighted by Crippen LogP contribution is -2.57. The van der Waals surface area contributed by atoms with Crippen LogP contribution in [0, 0.1) is 5.82 Å². The van der Waals surface area contributed by atoms with Gasteiger partial charge >= 0.3 is 0 Å². The maximum Gasteiger partial charge on any atom is 0.247 e. The first kappa shape index (κ1) is 30.9.